The molecule has 1 aromatic heterocycles. The van der Waals surface area contributed by atoms with Gasteiger partial charge in [0, 0.05) is 17.6 Å². The third-order valence-corrected chi connectivity index (χ3v) is 3.89. The number of rotatable bonds is 4. The van der Waals surface area contributed by atoms with Gasteiger partial charge in [-0.3, -0.25) is 4.68 Å². The van der Waals surface area contributed by atoms with E-state index >= 15 is 0 Å². The van der Waals surface area contributed by atoms with E-state index in [2.05, 4.69) is 53.4 Å². The van der Waals surface area contributed by atoms with Gasteiger partial charge in [-0.2, -0.15) is 5.10 Å². The van der Waals surface area contributed by atoms with Crippen LogP contribution in [0.5, 0.6) is 0 Å². The molecular formula is C11H19BrN2. The van der Waals surface area contributed by atoms with Gasteiger partial charge in [-0.15, -0.1) is 0 Å². The molecule has 0 aliphatic rings. The molecule has 1 aromatic rings. The third-order valence-electron chi connectivity index (χ3n) is 2.97. The zero-order chi connectivity index (χ0) is 10.7. The fraction of sp³-hybridized carbons (Fsp3) is 0.727. The Balaban J connectivity index is 2.81. The van der Waals surface area contributed by atoms with Gasteiger partial charge in [0.05, 0.1) is 5.69 Å². The van der Waals surface area contributed by atoms with Crippen LogP contribution in [0.2, 0.25) is 0 Å². The molecule has 0 spiro atoms. The van der Waals surface area contributed by atoms with Crippen molar-refractivity contribution < 1.29 is 0 Å². The summed E-state index contributed by atoms with van der Waals surface area (Å²) in [6.07, 6.45) is 1.20. The summed E-state index contributed by atoms with van der Waals surface area (Å²) >= 11 is 3.54. The van der Waals surface area contributed by atoms with E-state index in [4.69, 9.17) is 0 Å². The molecule has 1 unspecified atom stereocenters. The van der Waals surface area contributed by atoms with Crippen molar-refractivity contribution in [3.8, 4) is 0 Å². The number of hydrogen-bond donors (Lipinski definition) is 0. The SMILES string of the molecule is CCC(CBr)Cn1nc(C)c(C)c1C. The van der Waals surface area contributed by atoms with Crippen LogP contribution < -0.4 is 0 Å². The Morgan fingerprint density at radius 2 is 2.00 bits per heavy atom. The molecule has 80 valence electrons. The van der Waals surface area contributed by atoms with Crippen molar-refractivity contribution in [3.05, 3.63) is 17.0 Å². The maximum Gasteiger partial charge on any atom is 0.0625 e. The van der Waals surface area contributed by atoms with Crippen molar-refractivity contribution in [3.63, 3.8) is 0 Å². The Hall–Kier alpha value is -0.310. The van der Waals surface area contributed by atoms with Gasteiger partial charge in [-0.05, 0) is 32.3 Å². The average Bonchev–Trinajstić information content (AvgIpc) is 2.42. The van der Waals surface area contributed by atoms with E-state index in [9.17, 15) is 0 Å². The van der Waals surface area contributed by atoms with Crippen molar-refractivity contribution in [1.29, 1.82) is 0 Å². The topological polar surface area (TPSA) is 17.8 Å². The Labute approximate surface area is 94.8 Å². The predicted molar refractivity (Wildman–Crippen MR) is 64.0 cm³/mol. The molecule has 14 heavy (non-hydrogen) atoms. The zero-order valence-corrected chi connectivity index (χ0v) is 11.1. The maximum absolute atomic E-state index is 4.54. The van der Waals surface area contributed by atoms with Crippen molar-refractivity contribution >= 4 is 15.9 Å². The molecule has 1 rings (SSSR count). The van der Waals surface area contributed by atoms with Crippen molar-refractivity contribution in [2.45, 2.75) is 40.7 Å². The van der Waals surface area contributed by atoms with E-state index in [1.165, 1.54) is 17.7 Å². The highest BCUT2D eigenvalue weighted by Crippen LogP contribution is 2.15. The number of aryl methyl sites for hydroxylation is 1. The van der Waals surface area contributed by atoms with Crippen LogP contribution in [0.15, 0.2) is 0 Å². The molecule has 0 radical (unpaired) electrons. The molecule has 0 amide bonds. The second kappa shape index (κ2) is 4.96. The molecule has 0 aliphatic heterocycles. The molecule has 2 nitrogen and oxygen atoms in total. The molecule has 3 heteroatoms. The summed E-state index contributed by atoms with van der Waals surface area (Å²) in [4.78, 5) is 0. The minimum Gasteiger partial charge on any atom is -0.269 e. The van der Waals surface area contributed by atoms with Gasteiger partial charge in [0.15, 0.2) is 0 Å². The van der Waals surface area contributed by atoms with E-state index in [1.807, 2.05) is 0 Å². The quantitative estimate of drug-likeness (QED) is 0.759. The highest BCUT2D eigenvalue weighted by Gasteiger charge is 2.11. The fourth-order valence-electron chi connectivity index (χ4n) is 1.50. The van der Waals surface area contributed by atoms with Crippen molar-refractivity contribution in [1.82, 2.24) is 9.78 Å². The van der Waals surface area contributed by atoms with Crippen LogP contribution in [-0.4, -0.2) is 15.1 Å². The number of hydrogen-bond acceptors (Lipinski definition) is 1. The molecule has 0 aliphatic carbocycles. The summed E-state index contributed by atoms with van der Waals surface area (Å²) in [7, 11) is 0. The molecule has 1 heterocycles. The van der Waals surface area contributed by atoms with Crippen LogP contribution in [0, 0.1) is 26.7 Å². The van der Waals surface area contributed by atoms with Crippen LogP contribution in [0.1, 0.15) is 30.3 Å². The van der Waals surface area contributed by atoms with Gasteiger partial charge in [0.1, 0.15) is 0 Å². The molecule has 1 atom stereocenters. The minimum absolute atomic E-state index is 0.687. The highest BCUT2D eigenvalue weighted by molar-refractivity contribution is 9.09. The van der Waals surface area contributed by atoms with Gasteiger partial charge >= 0.3 is 0 Å². The number of alkyl halides is 1. The highest BCUT2D eigenvalue weighted by atomic mass is 79.9. The molecule has 0 saturated carbocycles. The van der Waals surface area contributed by atoms with Gasteiger partial charge in [-0.25, -0.2) is 0 Å². The smallest absolute Gasteiger partial charge is 0.0625 e. The molecule has 0 saturated heterocycles. The van der Waals surface area contributed by atoms with Crippen molar-refractivity contribution in [2.24, 2.45) is 5.92 Å². The lowest BCUT2D eigenvalue weighted by molar-refractivity contribution is 0.439. The Bertz CT molecular complexity index is 300. The minimum atomic E-state index is 0.687. The Morgan fingerprint density at radius 1 is 1.36 bits per heavy atom. The molecule has 0 aromatic carbocycles. The first-order chi connectivity index (χ1) is 6.60. The fourth-order valence-corrected chi connectivity index (χ4v) is 2.16. The maximum atomic E-state index is 4.54. The Morgan fingerprint density at radius 3 is 2.36 bits per heavy atom. The predicted octanol–water partition coefficient (Wildman–Crippen LogP) is 3.23. The lowest BCUT2D eigenvalue weighted by Gasteiger charge is -2.12. The summed E-state index contributed by atoms with van der Waals surface area (Å²) < 4.78 is 2.14. The lowest BCUT2D eigenvalue weighted by Crippen LogP contribution is -2.13. The van der Waals surface area contributed by atoms with Gasteiger partial charge in [-0.1, -0.05) is 29.3 Å². The van der Waals surface area contributed by atoms with E-state index in [-0.39, 0.29) is 0 Å². The zero-order valence-electron chi connectivity index (χ0n) is 9.47. The molecule has 0 bridgehead atoms. The molecule has 0 N–H and O–H groups in total. The monoisotopic (exact) mass is 258 g/mol. The van der Waals surface area contributed by atoms with E-state index < -0.39 is 0 Å². The third kappa shape index (κ3) is 2.38. The summed E-state index contributed by atoms with van der Waals surface area (Å²) in [5, 5.41) is 5.60. The number of aromatic nitrogens is 2. The normalized spacial score (nSPS) is 13.2. The van der Waals surface area contributed by atoms with Crippen LogP contribution in [0.4, 0.5) is 0 Å². The summed E-state index contributed by atoms with van der Waals surface area (Å²) in [5.74, 6) is 0.687. The summed E-state index contributed by atoms with van der Waals surface area (Å²) in [5.41, 5.74) is 3.79. The number of nitrogens with zero attached hydrogens (tertiary/aromatic N) is 2. The standard InChI is InChI=1S/C11H19BrN2/c1-5-11(6-12)7-14-10(4)8(2)9(3)13-14/h11H,5-7H2,1-4H3. The first-order valence-corrected chi connectivity index (χ1v) is 6.28. The first-order valence-electron chi connectivity index (χ1n) is 5.16. The van der Waals surface area contributed by atoms with E-state index in [1.54, 1.807) is 0 Å². The van der Waals surface area contributed by atoms with Crippen LogP contribution in [-0.2, 0) is 6.54 Å². The molecule has 0 fully saturated rings. The summed E-state index contributed by atoms with van der Waals surface area (Å²) in [6, 6.07) is 0. The van der Waals surface area contributed by atoms with Crippen LogP contribution >= 0.6 is 15.9 Å². The Kier molecular flexibility index (Phi) is 4.17. The second-order valence-electron chi connectivity index (χ2n) is 3.91. The number of halogens is 1. The largest absolute Gasteiger partial charge is 0.269 e. The summed E-state index contributed by atoms with van der Waals surface area (Å²) in [6.45, 7) is 9.63. The van der Waals surface area contributed by atoms with Crippen molar-refractivity contribution in [2.75, 3.05) is 5.33 Å². The van der Waals surface area contributed by atoms with Crippen LogP contribution in [0.3, 0.4) is 0 Å². The second-order valence-corrected chi connectivity index (χ2v) is 4.55. The van der Waals surface area contributed by atoms with E-state index in [0.717, 1.165) is 17.6 Å². The average molecular weight is 259 g/mol. The van der Waals surface area contributed by atoms with Gasteiger partial charge < -0.3 is 0 Å². The van der Waals surface area contributed by atoms with Gasteiger partial charge in [0.2, 0.25) is 0 Å². The first kappa shape index (κ1) is 11.8. The van der Waals surface area contributed by atoms with Crippen LogP contribution in [0.25, 0.3) is 0 Å². The molecular weight excluding hydrogens is 240 g/mol. The van der Waals surface area contributed by atoms with Gasteiger partial charge in [0.25, 0.3) is 0 Å². The van der Waals surface area contributed by atoms with E-state index in [0.29, 0.717) is 5.92 Å². The lowest BCUT2D eigenvalue weighted by atomic mass is 10.1.